The molecule has 8 heteroatoms. The van der Waals surface area contributed by atoms with Gasteiger partial charge in [-0.15, -0.1) is 0 Å². The second kappa shape index (κ2) is 6.35. The average Bonchev–Trinajstić information content (AvgIpc) is 3.13. The van der Waals surface area contributed by atoms with Crippen molar-refractivity contribution in [2.45, 2.75) is 39.7 Å². The van der Waals surface area contributed by atoms with Crippen LogP contribution in [0.15, 0.2) is 4.52 Å². The van der Waals surface area contributed by atoms with Crippen LogP contribution < -0.4 is 0 Å². The number of hydrogen-bond acceptors (Lipinski definition) is 6. The molecule has 0 bridgehead atoms. The Morgan fingerprint density at radius 3 is 2.71 bits per heavy atom. The number of aromatic amines is 1. The van der Waals surface area contributed by atoms with Gasteiger partial charge in [-0.2, -0.15) is 10.1 Å². The number of nitrogens with one attached hydrogen (secondary N) is 1. The Balaban J connectivity index is 1.85. The second-order valence-electron chi connectivity index (χ2n) is 6.69. The second-order valence-corrected chi connectivity index (χ2v) is 6.69. The van der Waals surface area contributed by atoms with Crippen LogP contribution >= 0.6 is 0 Å². The standard InChI is InChI=1S/C16H24N6O2/c1-9(2)14-13(10(3)18-19-14)16(23)22-7-6-21(5)12(8-22)15-17-11(4)20-24-15/h9,12H,6-8H2,1-5H3,(H,18,19)/t12-/m1/s1. The van der Waals surface area contributed by atoms with Crippen LogP contribution in [0.2, 0.25) is 0 Å². The first-order chi connectivity index (χ1) is 11.4. The summed E-state index contributed by atoms with van der Waals surface area (Å²) in [5, 5.41) is 11.1. The molecular weight excluding hydrogens is 308 g/mol. The predicted molar refractivity (Wildman–Crippen MR) is 87.7 cm³/mol. The number of H-pyrrole nitrogens is 1. The molecule has 1 fully saturated rings. The number of rotatable bonds is 3. The molecule has 8 nitrogen and oxygen atoms in total. The Morgan fingerprint density at radius 2 is 2.08 bits per heavy atom. The fourth-order valence-corrected chi connectivity index (χ4v) is 3.07. The van der Waals surface area contributed by atoms with Crippen LogP contribution in [0.25, 0.3) is 0 Å². The fraction of sp³-hybridized carbons (Fsp3) is 0.625. The van der Waals surface area contributed by atoms with Crippen LogP contribution in [0.3, 0.4) is 0 Å². The van der Waals surface area contributed by atoms with Crippen molar-refractivity contribution in [3.8, 4) is 0 Å². The molecule has 0 aliphatic carbocycles. The lowest BCUT2D eigenvalue weighted by atomic mass is 10.0. The molecule has 2 aromatic rings. The van der Waals surface area contributed by atoms with Crippen molar-refractivity contribution in [2.75, 3.05) is 26.7 Å². The lowest BCUT2D eigenvalue weighted by Crippen LogP contribution is -2.49. The van der Waals surface area contributed by atoms with Gasteiger partial charge in [-0.05, 0) is 26.8 Å². The predicted octanol–water partition coefficient (Wildman–Crippen LogP) is 1.66. The lowest BCUT2D eigenvalue weighted by molar-refractivity contribution is 0.0487. The summed E-state index contributed by atoms with van der Waals surface area (Å²) in [6.45, 7) is 9.72. The van der Waals surface area contributed by atoms with Crippen LogP contribution in [0.1, 0.15) is 59.3 Å². The van der Waals surface area contributed by atoms with E-state index in [-0.39, 0.29) is 17.9 Å². The zero-order valence-electron chi connectivity index (χ0n) is 14.8. The van der Waals surface area contributed by atoms with E-state index < -0.39 is 0 Å². The molecule has 3 heterocycles. The van der Waals surface area contributed by atoms with Gasteiger partial charge in [0.15, 0.2) is 5.82 Å². The van der Waals surface area contributed by atoms with Crippen molar-refractivity contribution >= 4 is 5.91 Å². The maximum absolute atomic E-state index is 13.1. The van der Waals surface area contributed by atoms with Crippen LogP contribution in [0, 0.1) is 13.8 Å². The maximum atomic E-state index is 13.1. The van der Waals surface area contributed by atoms with Gasteiger partial charge in [0.1, 0.15) is 6.04 Å². The molecule has 24 heavy (non-hydrogen) atoms. The van der Waals surface area contributed by atoms with Crippen LogP contribution in [0.5, 0.6) is 0 Å². The Labute approximate surface area is 141 Å². The number of aryl methyl sites for hydroxylation is 2. The smallest absolute Gasteiger partial charge is 0.257 e. The maximum Gasteiger partial charge on any atom is 0.257 e. The minimum Gasteiger partial charge on any atom is -0.338 e. The topological polar surface area (TPSA) is 91.2 Å². The van der Waals surface area contributed by atoms with Crippen molar-refractivity contribution in [2.24, 2.45) is 0 Å². The fourth-order valence-electron chi connectivity index (χ4n) is 3.07. The molecule has 1 amide bonds. The van der Waals surface area contributed by atoms with E-state index in [1.807, 2.05) is 32.7 Å². The molecule has 1 aliphatic heterocycles. The average molecular weight is 332 g/mol. The molecule has 1 saturated heterocycles. The van der Waals surface area contributed by atoms with Gasteiger partial charge >= 0.3 is 0 Å². The van der Waals surface area contributed by atoms with Crippen molar-refractivity contribution in [1.29, 1.82) is 0 Å². The summed E-state index contributed by atoms with van der Waals surface area (Å²) >= 11 is 0. The van der Waals surface area contributed by atoms with Crippen LogP contribution in [0.4, 0.5) is 0 Å². The third kappa shape index (κ3) is 2.93. The van der Waals surface area contributed by atoms with Crippen molar-refractivity contribution in [1.82, 2.24) is 30.1 Å². The Kier molecular flexibility index (Phi) is 4.40. The van der Waals surface area contributed by atoms with E-state index in [0.29, 0.717) is 30.4 Å². The summed E-state index contributed by atoms with van der Waals surface area (Å²) in [5.74, 6) is 1.37. The molecule has 0 aromatic carbocycles. The molecule has 0 saturated carbocycles. The van der Waals surface area contributed by atoms with Gasteiger partial charge in [0, 0.05) is 25.3 Å². The van der Waals surface area contributed by atoms with Gasteiger partial charge in [0.2, 0.25) is 5.89 Å². The van der Waals surface area contributed by atoms with E-state index in [4.69, 9.17) is 4.52 Å². The van der Waals surface area contributed by atoms with E-state index >= 15 is 0 Å². The monoisotopic (exact) mass is 332 g/mol. The molecule has 0 spiro atoms. The number of hydrogen-bond donors (Lipinski definition) is 1. The SMILES string of the molecule is Cc1noc([C@H]2CN(C(=O)c3c(C(C)C)n[nH]c3C)CCN2C)n1. The first-order valence-electron chi connectivity index (χ1n) is 8.23. The van der Waals surface area contributed by atoms with E-state index in [2.05, 4.69) is 25.2 Å². The van der Waals surface area contributed by atoms with E-state index in [1.54, 1.807) is 6.92 Å². The first-order valence-corrected chi connectivity index (χ1v) is 8.23. The number of aromatic nitrogens is 4. The van der Waals surface area contributed by atoms with Crippen LogP contribution in [-0.2, 0) is 0 Å². The molecule has 2 aromatic heterocycles. The number of amides is 1. The minimum atomic E-state index is -0.0846. The number of nitrogens with zero attached hydrogens (tertiary/aromatic N) is 5. The van der Waals surface area contributed by atoms with Gasteiger partial charge < -0.3 is 9.42 Å². The number of piperazine rings is 1. The third-order valence-corrected chi connectivity index (χ3v) is 4.50. The Bertz CT molecular complexity index is 735. The van der Waals surface area contributed by atoms with Crippen molar-refractivity contribution in [3.05, 3.63) is 28.7 Å². The van der Waals surface area contributed by atoms with Gasteiger partial charge in [-0.3, -0.25) is 14.8 Å². The summed E-state index contributed by atoms with van der Waals surface area (Å²) in [6, 6.07) is -0.0846. The highest BCUT2D eigenvalue weighted by Crippen LogP contribution is 2.26. The third-order valence-electron chi connectivity index (χ3n) is 4.50. The number of likely N-dealkylation sites (N-methyl/N-ethyl adjacent to an activating group) is 1. The summed E-state index contributed by atoms with van der Waals surface area (Å²) in [5.41, 5.74) is 2.32. The van der Waals surface area contributed by atoms with Gasteiger partial charge in [-0.25, -0.2) is 0 Å². The highest BCUT2D eigenvalue weighted by atomic mass is 16.5. The van der Waals surface area contributed by atoms with Crippen molar-refractivity contribution in [3.63, 3.8) is 0 Å². The van der Waals surface area contributed by atoms with Crippen LogP contribution in [-0.4, -0.2) is 62.7 Å². The summed E-state index contributed by atoms with van der Waals surface area (Å²) in [6.07, 6.45) is 0. The molecule has 130 valence electrons. The van der Waals surface area contributed by atoms with E-state index in [9.17, 15) is 4.79 Å². The van der Waals surface area contributed by atoms with Gasteiger partial charge in [0.05, 0.1) is 11.3 Å². The van der Waals surface area contributed by atoms with Crippen molar-refractivity contribution < 1.29 is 9.32 Å². The molecule has 0 unspecified atom stereocenters. The molecule has 1 aliphatic rings. The molecule has 1 atom stereocenters. The molecule has 1 N–H and O–H groups in total. The number of carbonyl (C=O) groups excluding carboxylic acids is 1. The normalized spacial score (nSPS) is 19.2. The molecule has 0 radical (unpaired) electrons. The number of carbonyl (C=O) groups is 1. The molecule has 3 rings (SSSR count). The quantitative estimate of drug-likeness (QED) is 0.919. The summed E-state index contributed by atoms with van der Waals surface area (Å²) in [4.78, 5) is 21.4. The zero-order chi connectivity index (χ0) is 17.4. The Morgan fingerprint density at radius 1 is 1.33 bits per heavy atom. The highest BCUT2D eigenvalue weighted by molar-refractivity contribution is 5.96. The zero-order valence-corrected chi connectivity index (χ0v) is 14.8. The summed E-state index contributed by atoms with van der Waals surface area (Å²) in [7, 11) is 2.01. The van der Waals surface area contributed by atoms with E-state index in [0.717, 1.165) is 17.9 Å². The summed E-state index contributed by atoms with van der Waals surface area (Å²) < 4.78 is 5.32. The molecular formula is C16H24N6O2. The lowest BCUT2D eigenvalue weighted by Gasteiger charge is -2.37. The van der Waals surface area contributed by atoms with E-state index in [1.165, 1.54) is 0 Å². The highest BCUT2D eigenvalue weighted by Gasteiger charge is 2.34. The van der Waals surface area contributed by atoms with Gasteiger partial charge in [0.25, 0.3) is 5.91 Å². The van der Waals surface area contributed by atoms with Gasteiger partial charge in [-0.1, -0.05) is 19.0 Å². The first kappa shape index (κ1) is 16.6. The largest absolute Gasteiger partial charge is 0.338 e. The minimum absolute atomic E-state index is 0.0132. The Hall–Kier alpha value is -2.22.